The normalized spacial score (nSPS) is 12.5. The number of ether oxygens (including phenoxy) is 1. The molecule has 1 unspecified atom stereocenters. The molecule has 0 heterocycles. The summed E-state index contributed by atoms with van der Waals surface area (Å²) < 4.78 is 5.88. The van der Waals surface area contributed by atoms with E-state index < -0.39 is 0 Å². The predicted molar refractivity (Wildman–Crippen MR) is 107 cm³/mol. The van der Waals surface area contributed by atoms with Crippen LogP contribution >= 0.6 is 0 Å². The lowest BCUT2D eigenvalue weighted by Gasteiger charge is -2.15. The number of nitrogens with one attached hydrogen (secondary N) is 2. The second-order valence-electron chi connectivity index (χ2n) is 6.44. The largest absolute Gasteiger partial charge is 0.374 e. The third-order valence-corrected chi connectivity index (χ3v) is 3.94. The highest BCUT2D eigenvalue weighted by Gasteiger charge is 2.06. The van der Waals surface area contributed by atoms with Crippen LogP contribution < -0.4 is 10.6 Å². The van der Waals surface area contributed by atoms with E-state index in [9.17, 15) is 4.79 Å². The lowest BCUT2D eigenvalue weighted by Crippen LogP contribution is -2.39. The molecule has 2 N–H and O–H groups in total. The van der Waals surface area contributed by atoms with E-state index in [1.807, 2.05) is 18.2 Å². The van der Waals surface area contributed by atoms with Gasteiger partial charge in [-0.3, -0.25) is 4.79 Å². The number of likely N-dealkylation sites (N-methyl/N-ethyl adjacent to an activating group) is 1. The van der Waals surface area contributed by atoms with Crippen LogP contribution in [-0.4, -0.2) is 57.1 Å². The van der Waals surface area contributed by atoms with Gasteiger partial charge in [0.25, 0.3) is 0 Å². The van der Waals surface area contributed by atoms with E-state index in [4.69, 9.17) is 4.74 Å². The van der Waals surface area contributed by atoms with Crippen LogP contribution in [-0.2, 0) is 9.53 Å². The lowest BCUT2D eigenvalue weighted by atomic mass is 10.1. The molecule has 1 atom stereocenters. The number of benzene rings is 1. The van der Waals surface area contributed by atoms with Crippen LogP contribution in [0.3, 0.4) is 0 Å². The van der Waals surface area contributed by atoms with E-state index in [1.165, 1.54) is 5.56 Å². The Kier molecular flexibility index (Phi) is 11.1. The molecule has 0 spiro atoms. The fourth-order valence-electron chi connectivity index (χ4n) is 2.21. The van der Waals surface area contributed by atoms with Gasteiger partial charge in [0.1, 0.15) is 6.54 Å². The molecule has 0 aromatic heterocycles. The van der Waals surface area contributed by atoms with Gasteiger partial charge in [0.15, 0.2) is 5.96 Å². The van der Waals surface area contributed by atoms with E-state index in [0.29, 0.717) is 12.6 Å². The number of hydrogen-bond donors (Lipinski definition) is 2. The van der Waals surface area contributed by atoms with Gasteiger partial charge in [-0.25, -0.2) is 4.99 Å². The van der Waals surface area contributed by atoms with Crippen molar-refractivity contribution in [3.05, 3.63) is 35.9 Å². The first-order chi connectivity index (χ1) is 12.5. The van der Waals surface area contributed by atoms with E-state index in [-0.39, 0.29) is 18.6 Å². The van der Waals surface area contributed by atoms with Crippen molar-refractivity contribution in [3.8, 4) is 0 Å². The molecule has 6 nitrogen and oxygen atoms in total. The number of rotatable bonds is 11. The summed E-state index contributed by atoms with van der Waals surface area (Å²) in [5.41, 5.74) is 1.19. The number of carbonyl (C=O) groups is 1. The topological polar surface area (TPSA) is 66.0 Å². The third kappa shape index (κ3) is 9.42. The summed E-state index contributed by atoms with van der Waals surface area (Å²) in [5, 5.41) is 6.54. The Labute approximate surface area is 158 Å². The zero-order valence-corrected chi connectivity index (χ0v) is 16.6. The zero-order valence-electron chi connectivity index (χ0n) is 16.6. The van der Waals surface area contributed by atoms with Gasteiger partial charge in [-0.2, -0.15) is 0 Å². The van der Waals surface area contributed by atoms with E-state index >= 15 is 0 Å². The molecule has 6 heteroatoms. The maximum Gasteiger partial charge on any atom is 0.243 e. The van der Waals surface area contributed by atoms with Crippen LogP contribution in [0.4, 0.5) is 0 Å². The molecule has 1 aromatic carbocycles. The standard InChI is InChI=1S/C20H34N4O2/c1-5-6-13-21-20(23-16-19(25)24(3)4)22-14-10-15-26-17(2)18-11-8-7-9-12-18/h7-9,11-12,17H,5-6,10,13-16H2,1-4H3,(H2,21,22,23). The third-order valence-electron chi connectivity index (χ3n) is 3.94. The Morgan fingerprint density at radius 1 is 1.15 bits per heavy atom. The Morgan fingerprint density at radius 2 is 1.81 bits per heavy atom. The predicted octanol–water partition coefficient (Wildman–Crippen LogP) is 2.58. The van der Waals surface area contributed by atoms with Crippen molar-refractivity contribution >= 4 is 11.9 Å². The fourth-order valence-corrected chi connectivity index (χ4v) is 2.21. The second kappa shape index (κ2) is 13.2. The van der Waals surface area contributed by atoms with Gasteiger partial charge in [-0.1, -0.05) is 43.7 Å². The Balaban J connectivity index is 2.33. The summed E-state index contributed by atoms with van der Waals surface area (Å²) in [5.74, 6) is 0.673. The van der Waals surface area contributed by atoms with Gasteiger partial charge >= 0.3 is 0 Å². The highest BCUT2D eigenvalue weighted by molar-refractivity contribution is 5.84. The number of unbranched alkanes of at least 4 members (excludes halogenated alkanes) is 1. The van der Waals surface area contributed by atoms with Crippen LogP contribution in [0, 0.1) is 0 Å². The monoisotopic (exact) mass is 362 g/mol. The summed E-state index contributed by atoms with van der Waals surface area (Å²) >= 11 is 0. The van der Waals surface area contributed by atoms with Crippen molar-refractivity contribution in [3.63, 3.8) is 0 Å². The minimum atomic E-state index is -0.0124. The molecule has 1 amide bonds. The van der Waals surface area contributed by atoms with Crippen molar-refractivity contribution in [2.75, 3.05) is 40.3 Å². The smallest absolute Gasteiger partial charge is 0.243 e. The molecule has 146 valence electrons. The van der Waals surface area contributed by atoms with Crippen LogP contribution in [0.25, 0.3) is 0 Å². The summed E-state index contributed by atoms with van der Waals surface area (Å²) in [6, 6.07) is 10.2. The first kappa shape index (κ1) is 22.0. The molecule has 0 radical (unpaired) electrons. The maximum atomic E-state index is 11.7. The molecular weight excluding hydrogens is 328 g/mol. The van der Waals surface area contributed by atoms with Crippen LogP contribution in [0.2, 0.25) is 0 Å². The first-order valence-electron chi connectivity index (χ1n) is 9.43. The number of carbonyl (C=O) groups excluding carboxylic acids is 1. The van der Waals surface area contributed by atoms with E-state index in [0.717, 1.165) is 32.4 Å². The van der Waals surface area contributed by atoms with Crippen molar-refractivity contribution < 1.29 is 9.53 Å². The summed E-state index contributed by atoms with van der Waals surface area (Å²) in [7, 11) is 3.47. The summed E-state index contributed by atoms with van der Waals surface area (Å²) in [6.45, 7) is 6.62. The molecular formula is C20H34N4O2. The van der Waals surface area contributed by atoms with E-state index in [1.54, 1.807) is 19.0 Å². The SMILES string of the molecule is CCCCNC(=NCC(=O)N(C)C)NCCCOC(C)c1ccccc1. The second-order valence-corrected chi connectivity index (χ2v) is 6.44. The first-order valence-corrected chi connectivity index (χ1v) is 9.43. The molecule has 0 saturated heterocycles. The van der Waals surface area contributed by atoms with Crippen LogP contribution in [0.15, 0.2) is 35.3 Å². The molecule has 1 rings (SSSR count). The van der Waals surface area contributed by atoms with Gasteiger partial charge in [-0.15, -0.1) is 0 Å². The molecule has 0 fully saturated rings. The van der Waals surface area contributed by atoms with E-state index in [2.05, 4.69) is 41.6 Å². The molecule has 0 aliphatic carbocycles. The van der Waals surface area contributed by atoms with Gasteiger partial charge < -0.3 is 20.3 Å². The van der Waals surface area contributed by atoms with Gasteiger partial charge in [0.05, 0.1) is 6.10 Å². The Morgan fingerprint density at radius 3 is 2.42 bits per heavy atom. The molecule has 26 heavy (non-hydrogen) atoms. The molecule has 0 bridgehead atoms. The highest BCUT2D eigenvalue weighted by Crippen LogP contribution is 2.15. The van der Waals surface area contributed by atoms with Crippen molar-refractivity contribution in [2.24, 2.45) is 4.99 Å². The molecule has 0 aliphatic heterocycles. The number of hydrogen-bond acceptors (Lipinski definition) is 3. The fraction of sp³-hybridized carbons (Fsp3) is 0.600. The highest BCUT2D eigenvalue weighted by atomic mass is 16.5. The summed E-state index contributed by atoms with van der Waals surface area (Å²) in [4.78, 5) is 17.6. The quantitative estimate of drug-likeness (QED) is 0.361. The average Bonchev–Trinajstić information content (AvgIpc) is 2.65. The Hall–Kier alpha value is -2.08. The number of amides is 1. The number of guanidine groups is 1. The van der Waals surface area contributed by atoms with Gasteiger partial charge in [0.2, 0.25) is 5.91 Å². The maximum absolute atomic E-state index is 11.7. The van der Waals surface area contributed by atoms with Gasteiger partial charge in [0, 0.05) is 33.8 Å². The average molecular weight is 363 g/mol. The lowest BCUT2D eigenvalue weighted by molar-refractivity contribution is -0.127. The number of aliphatic imine (C=N–C) groups is 1. The minimum absolute atomic E-state index is 0.0124. The van der Waals surface area contributed by atoms with Gasteiger partial charge in [-0.05, 0) is 25.3 Å². The van der Waals surface area contributed by atoms with Crippen LogP contribution in [0.5, 0.6) is 0 Å². The zero-order chi connectivity index (χ0) is 19.2. The minimum Gasteiger partial charge on any atom is -0.374 e. The van der Waals surface area contributed by atoms with Crippen molar-refractivity contribution in [2.45, 2.75) is 39.2 Å². The Bertz CT molecular complexity index is 532. The molecule has 1 aromatic rings. The molecule has 0 saturated carbocycles. The molecule has 0 aliphatic rings. The van der Waals surface area contributed by atoms with Crippen molar-refractivity contribution in [1.29, 1.82) is 0 Å². The number of nitrogens with zero attached hydrogens (tertiary/aromatic N) is 2. The summed E-state index contributed by atoms with van der Waals surface area (Å²) in [6.07, 6.45) is 3.14. The van der Waals surface area contributed by atoms with Crippen molar-refractivity contribution in [1.82, 2.24) is 15.5 Å². The van der Waals surface area contributed by atoms with Crippen LogP contribution in [0.1, 0.15) is 44.8 Å².